The SMILES string of the molecule is O=c1ccnc(Cc2ccc(-c3ccccc3)c(-c3nn[nH]n3)c2)[nH]1. The Labute approximate surface area is 142 Å². The summed E-state index contributed by atoms with van der Waals surface area (Å²) >= 11 is 0. The van der Waals surface area contributed by atoms with E-state index < -0.39 is 0 Å². The molecule has 0 unspecified atom stereocenters. The van der Waals surface area contributed by atoms with Crippen LogP contribution in [0.15, 0.2) is 65.6 Å². The molecule has 0 aliphatic heterocycles. The summed E-state index contributed by atoms with van der Waals surface area (Å²) < 4.78 is 0. The Morgan fingerprint density at radius 2 is 1.84 bits per heavy atom. The van der Waals surface area contributed by atoms with Crippen molar-refractivity contribution >= 4 is 0 Å². The minimum Gasteiger partial charge on any atom is -0.310 e. The van der Waals surface area contributed by atoms with Gasteiger partial charge in [-0.25, -0.2) is 4.98 Å². The van der Waals surface area contributed by atoms with E-state index in [4.69, 9.17) is 0 Å². The summed E-state index contributed by atoms with van der Waals surface area (Å²) in [7, 11) is 0. The summed E-state index contributed by atoms with van der Waals surface area (Å²) in [6.07, 6.45) is 2.02. The quantitative estimate of drug-likeness (QED) is 0.597. The summed E-state index contributed by atoms with van der Waals surface area (Å²) in [6.45, 7) is 0. The first-order chi connectivity index (χ1) is 12.3. The first-order valence-corrected chi connectivity index (χ1v) is 7.76. The van der Waals surface area contributed by atoms with Crippen molar-refractivity contribution in [2.24, 2.45) is 0 Å². The predicted molar refractivity (Wildman–Crippen MR) is 92.7 cm³/mol. The topological polar surface area (TPSA) is 100 Å². The Kier molecular flexibility index (Phi) is 3.88. The predicted octanol–water partition coefficient (Wildman–Crippen LogP) is 2.21. The second kappa shape index (κ2) is 6.48. The van der Waals surface area contributed by atoms with E-state index in [-0.39, 0.29) is 5.56 Å². The van der Waals surface area contributed by atoms with Gasteiger partial charge in [-0.2, -0.15) is 5.21 Å². The van der Waals surface area contributed by atoms with Crippen molar-refractivity contribution < 1.29 is 0 Å². The summed E-state index contributed by atoms with van der Waals surface area (Å²) in [5.74, 6) is 1.13. The molecule has 7 nitrogen and oxygen atoms in total. The summed E-state index contributed by atoms with van der Waals surface area (Å²) in [5.41, 5.74) is 3.79. The van der Waals surface area contributed by atoms with Gasteiger partial charge in [-0.3, -0.25) is 4.79 Å². The maximum absolute atomic E-state index is 11.4. The maximum Gasteiger partial charge on any atom is 0.250 e. The van der Waals surface area contributed by atoms with Crippen LogP contribution in [-0.2, 0) is 6.42 Å². The first-order valence-electron chi connectivity index (χ1n) is 7.76. The summed E-state index contributed by atoms with van der Waals surface area (Å²) in [4.78, 5) is 18.4. The van der Waals surface area contributed by atoms with Crippen LogP contribution < -0.4 is 5.56 Å². The molecule has 2 aromatic carbocycles. The van der Waals surface area contributed by atoms with Crippen LogP contribution in [0, 0.1) is 0 Å². The van der Waals surface area contributed by atoms with Gasteiger partial charge in [-0.1, -0.05) is 42.5 Å². The molecule has 0 aliphatic rings. The summed E-state index contributed by atoms with van der Waals surface area (Å²) in [6, 6.07) is 17.5. The van der Waals surface area contributed by atoms with Crippen molar-refractivity contribution in [1.82, 2.24) is 30.6 Å². The van der Waals surface area contributed by atoms with E-state index in [0.717, 1.165) is 22.3 Å². The number of nitrogens with zero attached hydrogens (tertiary/aromatic N) is 4. The highest BCUT2D eigenvalue weighted by Gasteiger charge is 2.12. The molecule has 7 heteroatoms. The van der Waals surface area contributed by atoms with Gasteiger partial charge in [0, 0.05) is 24.2 Å². The number of rotatable bonds is 4. The van der Waals surface area contributed by atoms with Crippen LogP contribution in [0.1, 0.15) is 11.4 Å². The third-order valence-corrected chi connectivity index (χ3v) is 3.85. The smallest absolute Gasteiger partial charge is 0.250 e. The molecule has 2 N–H and O–H groups in total. The van der Waals surface area contributed by atoms with Crippen LogP contribution in [0.3, 0.4) is 0 Å². The molecular formula is C18H14N6O. The van der Waals surface area contributed by atoms with Gasteiger partial charge in [0.1, 0.15) is 5.82 Å². The number of nitrogens with one attached hydrogen (secondary N) is 2. The normalized spacial score (nSPS) is 10.7. The molecule has 0 radical (unpaired) electrons. The zero-order valence-corrected chi connectivity index (χ0v) is 13.2. The van der Waals surface area contributed by atoms with Gasteiger partial charge < -0.3 is 4.98 Å². The molecule has 0 bridgehead atoms. The molecule has 0 aliphatic carbocycles. The van der Waals surface area contributed by atoms with Crippen LogP contribution in [-0.4, -0.2) is 30.6 Å². The van der Waals surface area contributed by atoms with Crippen LogP contribution in [0.5, 0.6) is 0 Å². The largest absolute Gasteiger partial charge is 0.310 e. The lowest BCUT2D eigenvalue weighted by atomic mass is 9.96. The number of hydrogen-bond donors (Lipinski definition) is 2. The molecule has 0 atom stereocenters. The van der Waals surface area contributed by atoms with Crippen LogP contribution in [0.2, 0.25) is 0 Å². The lowest BCUT2D eigenvalue weighted by Gasteiger charge is -2.10. The molecule has 0 saturated heterocycles. The standard InChI is InChI=1S/C18H14N6O/c25-17-8-9-19-16(20-17)11-12-6-7-14(13-4-2-1-3-5-13)15(10-12)18-21-23-24-22-18/h1-10H,11H2,(H,19,20,25)(H,21,22,23,24). The monoisotopic (exact) mass is 330 g/mol. The zero-order valence-electron chi connectivity index (χ0n) is 13.2. The number of aromatic amines is 2. The van der Waals surface area contributed by atoms with Gasteiger partial charge in [-0.15, -0.1) is 10.2 Å². The number of hydrogen-bond acceptors (Lipinski definition) is 5. The van der Waals surface area contributed by atoms with Gasteiger partial charge in [0.25, 0.3) is 5.56 Å². The summed E-state index contributed by atoms with van der Waals surface area (Å²) in [5, 5.41) is 14.4. The number of benzene rings is 2. The Hall–Kier alpha value is -3.61. The Morgan fingerprint density at radius 3 is 2.60 bits per heavy atom. The van der Waals surface area contributed by atoms with Gasteiger partial charge in [0.2, 0.25) is 5.82 Å². The van der Waals surface area contributed by atoms with Crippen molar-refractivity contribution in [3.8, 4) is 22.5 Å². The lowest BCUT2D eigenvalue weighted by Crippen LogP contribution is -2.09. The minimum atomic E-state index is -0.163. The third-order valence-electron chi connectivity index (χ3n) is 3.85. The molecule has 2 heterocycles. The van der Waals surface area contributed by atoms with Gasteiger partial charge in [-0.05, 0) is 28.0 Å². The van der Waals surface area contributed by atoms with E-state index in [2.05, 4.69) is 30.6 Å². The second-order valence-electron chi connectivity index (χ2n) is 5.54. The molecule has 4 rings (SSSR count). The Morgan fingerprint density at radius 1 is 0.960 bits per heavy atom. The molecule has 4 aromatic rings. The minimum absolute atomic E-state index is 0.163. The number of tetrazole rings is 1. The fourth-order valence-corrected chi connectivity index (χ4v) is 2.73. The molecule has 0 amide bonds. The van der Waals surface area contributed by atoms with Gasteiger partial charge in [0.05, 0.1) is 0 Å². The first kappa shape index (κ1) is 14.9. The molecule has 0 spiro atoms. The molecule has 0 saturated carbocycles. The fourth-order valence-electron chi connectivity index (χ4n) is 2.73. The average Bonchev–Trinajstić information content (AvgIpc) is 3.17. The molecule has 2 aromatic heterocycles. The average molecular weight is 330 g/mol. The highest BCUT2D eigenvalue weighted by Crippen LogP contribution is 2.31. The highest BCUT2D eigenvalue weighted by atomic mass is 16.1. The number of aromatic nitrogens is 6. The van der Waals surface area contributed by atoms with E-state index in [1.807, 2.05) is 48.5 Å². The van der Waals surface area contributed by atoms with Gasteiger partial charge >= 0.3 is 0 Å². The van der Waals surface area contributed by atoms with Crippen LogP contribution >= 0.6 is 0 Å². The van der Waals surface area contributed by atoms with Crippen LogP contribution in [0.25, 0.3) is 22.5 Å². The molecule has 25 heavy (non-hydrogen) atoms. The van der Waals surface area contributed by atoms with Crippen molar-refractivity contribution in [1.29, 1.82) is 0 Å². The second-order valence-corrected chi connectivity index (χ2v) is 5.54. The maximum atomic E-state index is 11.4. The highest BCUT2D eigenvalue weighted by molar-refractivity contribution is 5.80. The van der Waals surface area contributed by atoms with Crippen molar-refractivity contribution in [2.75, 3.05) is 0 Å². The van der Waals surface area contributed by atoms with E-state index in [0.29, 0.717) is 18.1 Å². The third kappa shape index (κ3) is 3.20. The molecule has 0 fully saturated rings. The Bertz CT molecular complexity index is 1040. The van der Waals surface area contributed by atoms with E-state index >= 15 is 0 Å². The van der Waals surface area contributed by atoms with E-state index in [1.54, 1.807) is 0 Å². The lowest BCUT2D eigenvalue weighted by molar-refractivity contribution is 0.881. The van der Waals surface area contributed by atoms with Gasteiger partial charge in [0.15, 0.2) is 0 Å². The fraction of sp³-hybridized carbons (Fsp3) is 0.0556. The molecule has 122 valence electrons. The van der Waals surface area contributed by atoms with E-state index in [9.17, 15) is 4.79 Å². The van der Waals surface area contributed by atoms with E-state index in [1.165, 1.54) is 12.3 Å². The van der Waals surface area contributed by atoms with Crippen molar-refractivity contribution in [3.05, 3.63) is 82.5 Å². The van der Waals surface area contributed by atoms with Crippen molar-refractivity contribution in [3.63, 3.8) is 0 Å². The van der Waals surface area contributed by atoms with Crippen molar-refractivity contribution in [2.45, 2.75) is 6.42 Å². The zero-order chi connectivity index (χ0) is 17.1. The Balaban J connectivity index is 1.79. The number of H-pyrrole nitrogens is 2. The molecular weight excluding hydrogens is 316 g/mol. The van der Waals surface area contributed by atoms with Crippen LogP contribution in [0.4, 0.5) is 0 Å².